The molecule has 2 aromatic carbocycles. The molecule has 1 N–H and O–H groups in total. The third-order valence-corrected chi connectivity index (χ3v) is 7.32. The van der Waals surface area contributed by atoms with Crippen LogP contribution in [0.25, 0.3) is 0 Å². The highest BCUT2D eigenvalue weighted by atomic mass is 79.9. The highest BCUT2D eigenvalue weighted by molar-refractivity contribution is 9.10. The molecule has 1 aliphatic heterocycles. The number of anilines is 1. The van der Waals surface area contributed by atoms with Gasteiger partial charge in [-0.2, -0.15) is 4.98 Å². The zero-order valence-electron chi connectivity index (χ0n) is 17.9. The molecular weight excluding hydrogens is 488 g/mol. The largest absolute Gasteiger partial charge is 0.496 e. The quantitative estimate of drug-likeness (QED) is 0.445. The first-order valence-corrected chi connectivity index (χ1v) is 12.3. The molecule has 0 spiro atoms. The van der Waals surface area contributed by atoms with Gasteiger partial charge in [0.05, 0.1) is 11.6 Å². The third kappa shape index (κ3) is 3.97. The summed E-state index contributed by atoms with van der Waals surface area (Å²) in [7, 11) is 1.64. The maximum atomic E-state index is 13.0. The van der Waals surface area contributed by atoms with Crippen LogP contribution in [0.15, 0.2) is 63.4 Å². The normalized spacial score (nSPS) is 17.6. The number of ether oxygens (including phenoxy) is 1. The molecular formula is C24H23BrN4O2S. The van der Waals surface area contributed by atoms with Crippen molar-refractivity contribution in [1.29, 1.82) is 0 Å². The lowest BCUT2D eigenvalue weighted by Crippen LogP contribution is -2.31. The van der Waals surface area contributed by atoms with Gasteiger partial charge >= 0.3 is 0 Å². The highest BCUT2D eigenvalue weighted by Gasteiger charge is 2.37. The average molecular weight is 511 g/mol. The molecule has 164 valence electrons. The first-order chi connectivity index (χ1) is 15.5. The standard InChI is InChI=1S/C24H23BrN4O2S/c1-14-5-3-6-15(11-14)13-32-24-27-23-26-18-7-4-8-19(30)21(18)22(29(23)28-24)16-9-10-20(31-2)17(25)12-16/h3,5-6,9-12,22H,4,7-8,13H2,1-2H3,(H,26,27,28)/t22-/m1/s1. The first-order valence-electron chi connectivity index (χ1n) is 10.5. The molecule has 0 saturated carbocycles. The lowest BCUT2D eigenvalue weighted by atomic mass is 9.85. The summed E-state index contributed by atoms with van der Waals surface area (Å²) in [5, 5.41) is 8.90. The maximum absolute atomic E-state index is 13.0. The molecule has 0 bridgehead atoms. The van der Waals surface area contributed by atoms with Gasteiger partial charge in [-0.25, -0.2) is 4.68 Å². The van der Waals surface area contributed by atoms with Crippen molar-refractivity contribution in [1.82, 2.24) is 14.8 Å². The van der Waals surface area contributed by atoms with Gasteiger partial charge in [-0.15, -0.1) is 5.10 Å². The SMILES string of the molecule is COc1ccc([C@@H]2C3=C(CCCC3=O)Nc3nc(SCc4cccc(C)c4)nn32)cc1Br. The predicted molar refractivity (Wildman–Crippen MR) is 129 cm³/mol. The van der Waals surface area contributed by atoms with E-state index in [1.54, 1.807) is 18.9 Å². The average Bonchev–Trinajstić information content (AvgIpc) is 3.19. The van der Waals surface area contributed by atoms with Crippen molar-refractivity contribution in [2.24, 2.45) is 0 Å². The van der Waals surface area contributed by atoms with E-state index in [1.807, 2.05) is 22.9 Å². The zero-order valence-corrected chi connectivity index (χ0v) is 20.3. The number of methoxy groups -OCH3 is 1. The molecule has 5 rings (SSSR count). The second-order valence-electron chi connectivity index (χ2n) is 8.03. The Bertz CT molecular complexity index is 1240. The molecule has 0 amide bonds. The Morgan fingerprint density at radius 2 is 2.12 bits per heavy atom. The fourth-order valence-corrected chi connectivity index (χ4v) is 5.64. The van der Waals surface area contributed by atoms with Crippen LogP contribution in [0, 0.1) is 6.92 Å². The number of hydrogen-bond donors (Lipinski definition) is 1. The van der Waals surface area contributed by atoms with Crippen LogP contribution in [-0.4, -0.2) is 27.7 Å². The van der Waals surface area contributed by atoms with Gasteiger partial charge in [0.2, 0.25) is 11.1 Å². The number of rotatable bonds is 5. The van der Waals surface area contributed by atoms with E-state index in [-0.39, 0.29) is 11.8 Å². The van der Waals surface area contributed by atoms with Crippen LogP contribution in [-0.2, 0) is 10.5 Å². The van der Waals surface area contributed by atoms with Crippen LogP contribution in [0.2, 0.25) is 0 Å². The molecule has 0 unspecified atom stereocenters. The van der Waals surface area contributed by atoms with Gasteiger partial charge in [0.1, 0.15) is 11.8 Å². The van der Waals surface area contributed by atoms with Gasteiger partial charge in [-0.05, 0) is 59.0 Å². The number of hydrogen-bond acceptors (Lipinski definition) is 6. The van der Waals surface area contributed by atoms with E-state index >= 15 is 0 Å². The minimum atomic E-state index is -0.308. The number of nitrogens with one attached hydrogen (secondary N) is 1. The summed E-state index contributed by atoms with van der Waals surface area (Å²) >= 11 is 5.19. The van der Waals surface area contributed by atoms with Gasteiger partial charge in [-0.1, -0.05) is 47.7 Å². The van der Waals surface area contributed by atoms with Gasteiger partial charge in [0.25, 0.3) is 0 Å². The zero-order chi connectivity index (χ0) is 22.2. The van der Waals surface area contributed by atoms with Crippen molar-refractivity contribution in [2.75, 3.05) is 12.4 Å². The Morgan fingerprint density at radius 3 is 2.91 bits per heavy atom. The predicted octanol–water partition coefficient (Wildman–Crippen LogP) is 5.67. The molecule has 2 heterocycles. The van der Waals surface area contributed by atoms with Crippen molar-refractivity contribution < 1.29 is 9.53 Å². The number of carbonyl (C=O) groups is 1. The monoisotopic (exact) mass is 510 g/mol. The maximum Gasteiger partial charge on any atom is 0.227 e. The molecule has 1 atom stereocenters. The number of allylic oxidation sites excluding steroid dienone is 2. The Labute approximate surface area is 199 Å². The number of carbonyl (C=O) groups excluding carboxylic acids is 1. The van der Waals surface area contributed by atoms with Crippen molar-refractivity contribution in [3.63, 3.8) is 0 Å². The summed E-state index contributed by atoms with van der Waals surface area (Å²) in [5.74, 6) is 2.39. The molecule has 0 saturated heterocycles. The Hall–Kier alpha value is -2.58. The van der Waals surface area contributed by atoms with E-state index in [0.29, 0.717) is 17.5 Å². The summed E-state index contributed by atoms with van der Waals surface area (Å²) in [5.41, 5.74) is 5.21. The number of thioether (sulfide) groups is 1. The van der Waals surface area contributed by atoms with Crippen LogP contribution in [0.1, 0.15) is 42.0 Å². The second-order valence-corrected chi connectivity index (χ2v) is 9.83. The number of halogens is 1. The van der Waals surface area contributed by atoms with Gasteiger partial charge in [0, 0.05) is 23.4 Å². The molecule has 0 radical (unpaired) electrons. The van der Waals surface area contributed by atoms with E-state index in [0.717, 1.165) is 45.7 Å². The topological polar surface area (TPSA) is 69.0 Å². The number of Topliss-reactive ketones (excluding diaryl/α,β-unsaturated/α-hetero) is 1. The van der Waals surface area contributed by atoms with E-state index in [1.165, 1.54) is 11.1 Å². The number of benzene rings is 2. The molecule has 1 aromatic heterocycles. The summed E-state index contributed by atoms with van der Waals surface area (Å²) in [4.78, 5) is 17.7. The van der Waals surface area contributed by atoms with E-state index in [2.05, 4.69) is 52.4 Å². The number of fused-ring (bicyclic) bond motifs is 1. The molecule has 3 aromatic rings. The highest BCUT2D eigenvalue weighted by Crippen LogP contribution is 2.42. The van der Waals surface area contributed by atoms with Gasteiger partial charge < -0.3 is 10.1 Å². The fraction of sp³-hybridized carbons (Fsp3) is 0.292. The number of ketones is 1. The van der Waals surface area contributed by atoms with E-state index in [9.17, 15) is 4.79 Å². The van der Waals surface area contributed by atoms with Crippen molar-refractivity contribution >= 4 is 39.4 Å². The molecule has 6 nitrogen and oxygen atoms in total. The van der Waals surface area contributed by atoms with Crippen LogP contribution < -0.4 is 10.1 Å². The smallest absolute Gasteiger partial charge is 0.227 e. The van der Waals surface area contributed by atoms with E-state index < -0.39 is 0 Å². The van der Waals surface area contributed by atoms with Crippen molar-refractivity contribution in [3.8, 4) is 5.75 Å². The Morgan fingerprint density at radius 1 is 1.25 bits per heavy atom. The van der Waals surface area contributed by atoms with E-state index in [4.69, 9.17) is 14.8 Å². The fourth-order valence-electron chi connectivity index (χ4n) is 4.31. The molecule has 2 aliphatic rings. The number of aromatic nitrogens is 3. The van der Waals surface area contributed by atoms with Crippen LogP contribution >= 0.6 is 27.7 Å². The summed E-state index contributed by atoms with van der Waals surface area (Å²) < 4.78 is 8.10. The molecule has 32 heavy (non-hydrogen) atoms. The van der Waals surface area contributed by atoms with Crippen molar-refractivity contribution in [3.05, 3.63) is 74.9 Å². The summed E-state index contributed by atoms with van der Waals surface area (Å²) in [6.45, 7) is 2.09. The van der Waals surface area contributed by atoms with Crippen molar-refractivity contribution in [2.45, 2.75) is 43.1 Å². The molecule has 0 fully saturated rings. The van der Waals surface area contributed by atoms with Crippen LogP contribution in [0.5, 0.6) is 5.75 Å². The Balaban J connectivity index is 1.52. The lowest BCUT2D eigenvalue weighted by molar-refractivity contribution is -0.116. The minimum absolute atomic E-state index is 0.172. The third-order valence-electron chi connectivity index (χ3n) is 5.79. The number of aryl methyl sites for hydroxylation is 1. The molecule has 8 heteroatoms. The Kier molecular flexibility index (Phi) is 5.82. The molecule has 1 aliphatic carbocycles. The first kappa shape index (κ1) is 21.3. The second kappa shape index (κ2) is 8.75. The summed E-state index contributed by atoms with van der Waals surface area (Å²) in [6.07, 6.45) is 2.26. The van der Waals surface area contributed by atoms with Gasteiger partial charge in [-0.3, -0.25) is 4.79 Å². The van der Waals surface area contributed by atoms with Crippen LogP contribution in [0.3, 0.4) is 0 Å². The summed E-state index contributed by atoms with van der Waals surface area (Å²) in [6, 6.07) is 14.1. The lowest BCUT2D eigenvalue weighted by Gasteiger charge is -2.32. The number of nitrogens with zero attached hydrogens (tertiary/aromatic N) is 3. The van der Waals surface area contributed by atoms with Gasteiger partial charge in [0.15, 0.2) is 5.78 Å². The minimum Gasteiger partial charge on any atom is -0.496 e. The van der Waals surface area contributed by atoms with Crippen LogP contribution in [0.4, 0.5) is 5.95 Å².